The lowest BCUT2D eigenvalue weighted by Gasteiger charge is -2.00. The molecular weight excluding hydrogens is 194 g/mol. The highest BCUT2D eigenvalue weighted by Crippen LogP contribution is 2.00. The van der Waals surface area contributed by atoms with Crippen molar-refractivity contribution in [1.29, 1.82) is 0 Å². The molecule has 0 amide bonds. The summed E-state index contributed by atoms with van der Waals surface area (Å²) in [6.07, 6.45) is 0.471. The lowest BCUT2D eigenvalue weighted by atomic mass is 10.3. The summed E-state index contributed by atoms with van der Waals surface area (Å²) in [6.45, 7) is 2.01. The second-order valence-corrected chi connectivity index (χ2v) is 2.52. The standard InChI is InChI=1S/C11H9NO3/c1-2-15-11(14)10-7-3-5-9(12-10)6-4-8-13/h3,5,7-8H,2H2,1H3. The number of carbonyl (C=O) groups excluding carboxylic acids is 2. The Balaban J connectivity index is 2.92. The topological polar surface area (TPSA) is 56.3 Å². The SMILES string of the molecule is CCOC(=O)c1cccc(C#CC=O)n1. The molecule has 0 N–H and O–H groups in total. The Labute approximate surface area is 87.3 Å². The molecule has 0 spiro atoms. The maximum absolute atomic E-state index is 11.3. The average Bonchev–Trinajstić information content (AvgIpc) is 2.27. The molecule has 1 heterocycles. The normalized spacial score (nSPS) is 8.60. The lowest BCUT2D eigenvalue weighted by molar-refractivity contribution is -0.103. The number of rotatable bonds is 2. The first kappa shape index (κ1) is 10.9. The Morgan fingerprint density at radius 1 is 1.60 bits per heavy atom. The van der Waals surface area contributed by atoms with Gasteiger partial charge in [-0.15, -0.1) is 0 Å². The van der Waals surface area contributed by atoms with E-state index >= 15 is 0 Å². The van der Waals surface area contributed by atoms with Gasteiger partial charge in [-0.1, -0.05) is 6.07 Å². The number of hydrogen-bond acceptors (Lipinski definition) is 4. The van der Waals surface area contributed by atoms with Gasteiger partial charge in [0.25, 0.3) is 0 Å². The fourth-order valence-corrected chi connectivity index (χ4v) is 0.926. The van der Waals surface area contributed by atoms with Crippen LogP contribution < -0.4 is 0 Å². The van der Waals surface area contributed by atoms with Crippen LogP contribution in [0.2, 0.25) is 0 Å². The van der Waals surface area contributed by atoms with Crippen molar-refractivity contribution in [3.05, 3.63) is 29.6 Å². The summed E-state index contributed by atoms with van der Waals surface area (Å²) in [4.78, 5) is 25.2. The summed E-state index contributed by atoms with van der Waals surface area (Å²) < 4.78 is 4.77. The molecule has 0 saturated heterocycles. The van der Waals surface area contributed by atoms with Gasteiger partial charge >= 0.3 is 5.97 Å². The van der Waals surface area contributed by atoms with Crippen molar-refractivity contribution in [1.82, 2.24) is 4.98 Å². The molecule has 4 heteroatoms. The quantitative estimate of drug-likeness (QED) is 0.405. The van der Waals surface area contributed by atoms with E-state index in [1.165, 1.54) is 6.07 Å². The molecule has 1 aromatic heterocycles. The molecule has 0 atom stereocenters. The molecule has 0 saturated carbocycles. The van der Waals surface area contributed by atoms with Crippen LogP contribution in [0.15, 0.2) is 18.2 Å². The molecule has 0 fully saturated rings. The van der Waals surface area contributed by atoms with Gasteiger partial charge < -0.3 is 4.74 Å². The highest BCUT2D eigenvalue weighted by atomic mass is 16.5. The van der Waals surface area contributed by atoms with Gasteiger partial charge in [0.05, 0.1) is 6.61 Å². The van der Waals surface area contributed by atoms with E-state index in [1.807, 2.05) is 0 Å². The number of ether oxygens (including phenoxy) is 1. The number of aromatic nitrogens is 1. The Morgan fingerprint density at radius 2 is 2.40 bits per heavy atom. The van der Waals surface area contributed by atoms with Crippen molar-refractivity contribution in [2.45, 2.75) is 6.92 Å². The van der Waals surface area contributed by atoms with Gasteiger partial charge in [0.15, 0.2) is 6.29 Å². The minimum absolute atomic E-state index is 0.189. The summed E-state index contributed by atoms with van der Waals surface area (Å²) in [5, 5.41) is 0. The predicted molar refractivity (Wildman–Crippen MR) is 53.1 cm³/mol. The zero-order chi connectivity index (χ0) is 11.1. The number of nitrogens with zero attached hydrogens (tertiary/aromatic N) is 1. The van der Waals surface area contributed by atoms with Gasteiger partial charge in [0.1, 0.15) is 11.4 Å². The van der Waals surface area contributed by atoms with E-state index < -0.39 is 5.97 Å². The van der Waals surface area contributed by atoms with Crippen LogP contribution in [-0.2, 0) is 9.53 Å². The molecule has 76 valence electrons. The molecule has 4 nitrogen and oxygen atoms in total. The zero-order valence-corrected chi connectivity index (χ0v) is 8.19. The minimum Gasteiger partial charge on any atom is -0.461 e. The Hall–Kier alpha value is -2.15. The van der Waals surface area contributed by atoms with Gasteiger partial charge in [0, 0.05) is 0 Å². The van der Waals surface area contributed by atoms with Crippen LogP contribution in [0.5, 0.6) is 0 Å². The van der Waals surface area contributed by atoms with Crippen molar-refractivity contribution in [2.24, 2.45) is 0 Å². The maximum Gasteiger partial charge on any atom is 0.356 e. The first-order chi connectivity index (χ1) is 7.27. The van der Waals surface area contributed by atoms with E-state index in [-0.39, 0.29) is 5.69 Å². The van der Waals surface area contributed by atoms with E-state index in [2.05, 4.69) is 16.8 Å². The number of hydrogen-bond donors (Lipinski definition) is 0. The second kappa shape index (κ2) is 5.55. The molecule has 1 aromatic rings. The van der Waals surface area contributed by atoms with Crippen LogP contribution >= 0.6 is 0 Å². The fourth-order valence-electron chi connectivity index (χ4n) is 0.926. The van der Waals surface area contributed by atoms with Gasteiger partial charge in [-0.05, 0) is 30.9 Å². The maximum atomic E-state index is 11.3. The number of esters is 1. The van der Waals surface area contributed by atoms with Crippen molar-refractivity contribution in [2.75, 3.05) is 6.61 Å². The molecule has 0 aromatic carbocycles. The first-order valence-electron chi connectivity index (χ1n) is 4.37. The smallest absolute Gasteiger partial charge is 0.356 e. The Bertz CT molecular complexity index is 429. The minimum atomic E-state index is -0.493. The molecule has 0 radical (unpaired) electrons. The third kappa shape index (κ3) is 3.24. The zero-order valence-electron chi connectivity index (χ0n) is 8.19. The molecule has 0 aliphatic rings. The highest BCUT2D eigenvalue weighted by Gasteiger charge is 2.07. The summed E-state index contributed by atoms with van der Waals surface area (Å²) >= 11 is 0. The third-order valence-corrected chi connectivity index (χ3v) is 1.49. The second-order valence-electron chi connectivity index (χ2n) is 2.52. The van der Waals surface area contributed by atoms with Crippen LogP contribution in [0.1, 0.15) is 23.1 Å². The van der Waals surface area contributed by atoms with Crippen LogP contribution in [-0.4, -0.2) is 23.8 Å². The van der Waals surface area contributed by atoms with Crippen molar-refractivity contribution in [3.8, 4) is 11.8 Å². The molecule has 1 rings (SSSR count). The molecule has 15 heavy (non-hydrogen) atoms. The van der Waals surface area contributed by atoms with E-state index in [9.17, 15) is 9.59 Å². The highest BCUT2D eigenvalue weighted by molar-refractivity contribution is 5.87. The van der Waals surface area contributed by atoms with Gasteiger partial charge in [-0.25, -0.2) is 9.78 Å². The van der Waals surface area contributed by atoms with Gasteiger partial charge in [-0.3, -0.25) is 4.79 Å². The van der Waals surface area contributed by atoms with Crippen molar-refractivity contribution in [3.63, 3.8) is 0 Å². The van der Waals surface area contributed by atoms with Crippen molar-refractivity contribution >= 4 is 12.3 Å². The Morgan fingerprint density at radius 3 is 3.07 bits per heavy atom. The largest absolute Gasteiger partial charge is 0.461 e. The average molecular weight is 203 g/mol. The summed E-state index contributed by atoms with van der Waals surface area (Å²) in [5.74, 6) is 4.22. The molecule has 0 aliphatic carbocycles. The monoisotopic (exact) mass is 203 g/mol. The third-order valence-electron chi connectivity index (χ3n) is 1.49. The predicted octanol–water partition coefficient (Wildman–Crippen LogP) is 0.809. The molecule has 0 bridgehead atoms. The van der Waals surface area contributed by atoms with E-state index in [4.69, 9.17) is 4.74 Å². The summed E-state index contributed by atoms with van der Waals surface area (Å²) in [7, 11) is 0. The van der Waals surface area contributed by atoms with Crippen LogP contribution in [0.25, 0.3) is 0 Å². The van der Waals surface area contributed by atoms with E-state index in [0.29, 0.717) is 18.6 Å². The lowest BCUT2D eigenvalue weighted by Crippen LogP contribution is -2.07. The van der Waals surface area contributed by atoms with Crippen LogP contribution in [0.3, 0.4) is 0 Å². The number of aldehydes is 1. The van der Waals surface area contributed by atoms with Gasteiger partial charge in [0.2, 0.25) is 0 Å². The van der Waals surface area contributed by atoms with Crippen LogP contribution in [0.4, 0.5) is 0 Å². The molecule has 0 unspecified atom stereocenters. The van der Waals surface area contributed by atoms with E-state index in [1.54, 1.807) is 19.1 Å². The first-order valence-corrected chi connectivity index (χ1v) is 4.37. The molecule has 0 aliphatic heterocycles. The summed E-state index contributed by atoms with van der Waals surface area (Å²) in [6, 6.07) is 4.78. The van der Waals surface area contributed by atoms with Crippen molar-refractivity contribution < 1.29 is 14.3 Å². The van der Waals surface area contributed by atoms with Crippen LogP contribution in [0, 0.1) is 11.8 Å². The fraction of sp³-hybridized carbons (Fsp3) is 0.182. The van der Waals surface area contributed by atoms with Gasteiger partial charge in [-0.2, -0.15) is 0 Å². The molecular formula is C11H9NO3. The van der Waals surface area contributed by atoms with E-state index in [0.717, 1.165) is 0 Å². The number of pyridine rings is 1. The summed E-state index contributed by atoms with van der Waals surface area (Å²) in [5.41, 5.74) is 0.558. The number of carbonyl (C=O) groups is 2. The Kier molecular flexibility index (Phi) is 4.05.